The van der Waals surface area contributed by atoms with Gasteiger partial charge < -0.3 is 48.6 Å². The Bertz CT molecular complexity index is 2100. The quantitative estimate of drug-likeness (QED) is 0.0266. The Labute approximate surface area is 401 Å². The van der Waals surface area contributed by atoms with Crippen molar-refractivity contribution in [2.45, 2.75) is 138 Å². The van der Waals surface area contributed by atoms with Gasteiger partial charge in [-0.1, -0.05) is 123 Å². The predicted octanol–water partition coefficient (Wildman–Crippen LogP) is 3.04. The van der Waals surface area contributed by atoms with Gasteiger partial charge in [0.05, 0.1) is 12.1 Å². The number of amides is 5. The molecule has 3 aromatic rings. The van der Waals surface area contributed by atoms with E-state index in [9.17, 15) is 19.2 Å². The van der Waals surface area contributed by atoms with E-state index in [2.05, 4.69) is 20.9 Å². The van der Waals surface area contributed by atoms with E-state index >= 15 is 9.59 Å². The molecule has 1 saturated heterocycles. The molecule has 1 aliphatic heterocycles. The SMILES string of the molecule is CNC(Cc1ccccc1)C(=O)NC(CCCCN)C(=O)N1CCC[C@H]1C(=O)NC(Cc1ccccc1)C(=O)N(C(=O)[C@H](N)CC1CCCCC1)[C@](C=O)(CCCN=C(N)N)Cc1ccccc1. The highest BCUT2D eigenvalue weighted by Crippen LogP contribution is 2.32. The molecule has 16 nitrogen and oxygen atoms in total. The lowest BCUT2D eigenvalue weighted by Crippen LogP contribution is -2.66. The summed E-state index contributed by atoms with van der Waals surface area (Å²) >= 11 is 0. The zero-order valence-corrected chi connectivity index (χ0v) is 39.7. The average molecular weight is 935 g/mol. The van der Waals surface area contributed by atoms with Crippen LogP contribution in [0, 0.1) is 5.92 Å². The van der Waals surface area contributed by atoms with Gasteiger partial charge >= 0.3 is 0 Å². The Morgan fingerprint density at radius 1 is 0.765 bits per heavy atom. The predicted molar refractivity (Wildman–Crippen MR) is 265 cm³/mol. The molecule has 0 aromatic heterocycles. The molecule has 0 spiro atoms. The number of carbonyl (C=O) groups is 6. The number of hydrogen-bond donors (Lipinski definition) is 7. The number of aldehydes is 1. The number of aliphatic imine (C=N–C) groups is 1. The number of carbonyl (C=O) groups excluding carboxylic acids is 6. The fourth-order valence-electron chi connectivity index (χ4n) is 9.75. The van der Waals surface area contributed by atoms with Crippen LogP contribution in [-0.4, -0.2) is 114 Å². The van der Waals surface area contributed by atoms with Gasteiger partial charge in [0, 0.05) is 25.9 Å². The third-order valence-corrected chi connectivity index (χ3v) is 13.4. The molecule has 0 radical (unpaired) electrons. The highest BCUT2D eigenvalue weighted by Gasteiger charge is 2.48. The minimum Gasteiger partial charge on any atom is -0.370 e. The summed E-state index contributed by atoms with van der Waals surface area (Å²) in [6, 6.07) is 22.7. The molecular formula is C52H74N10O6. The van der Waals surface area contributed by atoms with E-state index in [0.717, 1.165) is 42.6 Å². The highest BCUT2D eigenvalue weighted by atomic mass is 16.2. The summed E-state index contributed by atoms with van der Waals surface area (Å²) in [5.41, 5.74) is 24.6. The third-order valence-electron chi connectivity index (χ3n) is 13.4. The number of likely N-dealkylation sites (N-methyl/N-ethyl adjacent to an activating group) is 1. The lowest BCUT2D eigenvalue weighted by molar-refractivity contribution is -0.159. The van der Waals surface area contributed by atoms with Crippen molar-refractivity contribution in [3.8, 4) is 0 Å². The van der Waals surface area contributed by atoms with Gasteiger partial charge in [0.1, 0.15) is 30.0 Å². The second kappa shape index (κ2) is 27.1. The maximum absolute atomic E-state index is 15.7. The monoisotopic (exact) mass is 935 g/mol. The summed E-state index contributed by atoms with van der Waals surface area (Å²) in [5.74, 6) is -2.83. The summed E-state index contributed by atoms with van der Waals surface area (Å²) in [6.45, 7) is 0.785. The summed E-state index contributed by atoms with van der Waals surface area (Å²) in [4.78, 5) is 94.5. The van der Waals surface area contributed by atoms with Crippen LogP contribution in [0.1, 0.15) is 100 Å². The fraction of sp³-hybridized carbons (Fsp3) is 0.519. The number of nitrogens with two attached hydrogens (primary N) is 4. The van der Waals surface area contributed by atoms with Gasteiger partial charge in [-0.2, -0.15) is 0 Å². The van der Waals surface area contributed by atoms with E-state index in [1.807, 2.05) is 91.0 Å². The molecule has 3 aromatic carbocycles. The fourth-order valence-corrected chi connectivity index (χ4v) is 9.75. The van der Waals surface area contributed by atoms with Gasteiger partial charge in [0.2, 0.25) is 23.6 Å². The van der Waals surface area contributed by atoms with Crippen molar-refractivity contribution in [2.75, 3.05) is 26.7 Å². The molecule has 368 valence electrons. The van der Waals surface area contributed by atoms with Gasteiger partial charge in [0.25, 0.3) is 5.91 Å². The molecule has 2 aliphatic rings. The first-order valence-electron chi connectivity index (χ1n) is 24.4. The van der Waals surface area contributed by atoms with Crippen LogP contribution in [0.3, 0.4) is 0 Å². The number of likely N-dealkylation sites (tertiary alicyclic amines) is 1. The van der Waals surface area contributed by atoms with Crippen LogP contribution in [0.15, 0.2) is 96.0 Å². The standard InChI is InChI=1S/C52H74N10O6/c1-57-43(33-38-20-8-3-9-21-38)46(64)59-42(26-14-15-29-53)49(67)61-31-16-27-45(61)47(65)60-44(34-39-22-10-4-11-23-39)50(68)62(48(66)41(54)32-37-18-6-2-7-19-37)52(36-63,28-17-30-58-51(55)56)35-40-24-12-5-13-25-40/h3-5,8-13,20-25,36-37,41-45,57H,2,6-7,14-19,26-35,53-54H2,1H3,(H,59,64)(H,60,65)(H4,55,56,58)/t41-,42?,43?,44?,45+,52-/m1/s1. The van der Waals surface area contributed by atoms with Gasteiger partial charge in [-0.25, -0.2) is 0 Å². The normalized spacial score (nSPS) is 17.7. The first kappa shape index (κ1) is 53.0. The Kier molecular flexibility index (Phi) is 21.1. The molecule has 16 heteroatoms. The highest BCUT2D eigenvalue weighted by molar-refractivity contribution is 6.05. The molecule has 3 unspecified atom stereocenters. The second-order valence-corrected chi connectivity index (χ2v) is 18.5. The molecule has 1 saturated carbocycles. The van der Waals surface area contributed by atoms with Crippen LogP contribution in [0.5, 0.6) is 0 Å². The second-order valence-electron chi connectivity index (χ2n) is 18.5. The molecule has 2 fully saturated rings. The number of hydrogen-bond acceptors (Lipinski definition) is 10. The van der Waals surface area contributed by atoms with Gasteiger partial charge in [-0.3, -0.25) is 33.9 Å². The van der Waals surface area contributed by atoms with Crippen molar-refractivity contribution < 1.29 is 28.8 Å². The minimum atomic E-state index is -1.76. The molecule has 6 atom stereocenters. The molecular weight excluding hydrogens is 861 g/mol. The zero-order chi connectivity index (χ0) is 48.9. The number of guanidine groups is 1. The maximum atomic E-state index is 15.7. The molecule has 5 amide bonds. The maximum Gasteiger partial charge on any atom is 0.253 e. The topological polar surface area (TPSA) is 261 Å². The number of nitrogens with one attached hydrogen (secondary N) is 3. The van der Waals surface area contributed by atoms with Crippen LogP contribution in [0.2, 0.25) is 0 Å². The Morgan fingerprint density at radius 3 is 1.94 bits per heavy atom. The Morgan fingerprint density at radius 2 is 1.37 bits per heavy atom. The van der Waals surface area contributed by atoms with Crippen LogP contribution in [0.25, 0.3) is 0 Å². The first-order chi connectivity index (χ1) is 32.9. The van der Waals surface area contributed by atoms with Gasteiger partial charge in [-0.05, 0) is 94.0 Å². The van der Waals surface area contributed by atoms with Gasteiger partial charge in [-0.15, -0.1) is 0 Å². The van der Waals surface area contributed by atoms with E-state index in [-0.39, 0.29) is 56.6 Å². The number of unbranched alkanes of at least 4 members (excludes halogenated alkanes) is 1. The van der Waals surface area contributed by atoms with E-state index in [1.165, 1.54) is 4.90 Å². The van der Waals surface area contributed by atoms with Crippen LogP contribution < -0.4 is 38.9 Å². The zero-order valence-electron chi connectivity index (χ0n) is 39.7. The Balaban J connectivity index is 1.50. The third kappa shape index (κ3) is 15.3. The Hall–Kier alpha value is -5.97. The molecule has 1 aliphatic carbocycles. The molecule has 68 heavy (non-hydrogen) atoms. The van der Waals surface area contributed by atoms with Crippen molar-refractivity contribution in [1.29, 1.82) is 0 Å². The van der Waals surface area contributed by atoms with E-state index < -0.39 is 59.4 Å². The average Bonchev–Trinajstić information content (AvgIpc) is 3.85. The molecule has 1 heterocycles. The molecule has 11 N–H and O–H groups in total. The lowest BCUT2D eigenvalue weighted by atomic mass is 9.82. The summed E-state index contributed by atoms with van der Waals surface area (Å²) < 4.78 is 0. The largest absolute Gasteiger partial charge is 0.370 e. The minimum absolute atomic E-state index is 0.00370. The van der Waals surface area contributed by atoms with Crippen LogP contribution in [-0.2, 0) is 48.0 Å². The summed E-state index contributed by atoms with van der Waals surface area (Å²) in [7, 11) is 1.69. The molecule has 5 rings (SSSR count). The number of imide groups is 1. The smallest absolute Gasteiger partial charge is 0.253 e. The van der Waals surface area contributed by atoms with Crippen molar-refractivity contribution in [2.24, 2.45) is 33.8 Å². The van der Waals surface area contributed by atoms with Crippen molar-refractivity contribution in [3.63, 3.8) is 0 Å². The molecule has 0 bridgehead atoms. The first-order valence-corrected chi connectivity index (χ1v) is 24.4. The van der Waals surface area contributed by atoms with E-state index in [1.54, 1.807) is 7.05 Å². The summed E-state index contributed by atoms with van der Waals surface area (Å²) in [5, 5.41) is 9.03. The van der Waals surface area contributed by atoms with Crippen LogP contribution >= 0.6 is 0 Å². The number of rotatable bonds is 26. The van der Waals surface area contributed by atoms with E-state index in [0.29, 0.717) is 68.9 Å². The summed E-state index contributed by atoms with van der Waals surface area (Å²) in [6.07, 6.45) is 8.79. The van der Waals surface area contributed by atoms with E-state index in [4.69, 9.17) is 22.9 Å². The lowest BCUT2D eigenvalue weighted by Gasteiger charge is -2.42. The van der Waals surface area contributed by atoms with Crippen molar-refractivity contribution in [3.05, 3.63) is 108 Å². The van der Waals surface area contributed by atoms with Crippen molar-refractivity contribution in [1.82, 2.24) is 25.8 Å². The van der Waals surface area contributed by atoms with Crippen molar-refractivity contribution >= 4 is 41.8 Å². The van der Waals surface area contributed by atoms with Gasteiger partial charge in [0.15, 0.2) is 5.96 Å². The van der Waals surface area contributed by atoms with Crippen LogP contribution in [0.4, 0.5) is 0 Å². The number of nitrogens with zero attached hydrogens (tertiary/aromatic N) is 3. The number of benzene rings is 3.